The predicted molar refractivity (Wildman–Crippen MR) is 54.5 cm³/mol. The summed E-state index contributed by atoms with van der Waals surface area (Å²) < 4.78 is 43.5. The van der Waals surface area contributed by atoms with Gasteiger partial charge in [0.15, 0.2) is 0 Å². The Balaban J connectivity index is 2.57. The van der Waals surface area contributed by atoms with Crippen LogP contribution < -0.4 is 4.74 Å². The van der Waals surface area contributed by atoms with Gasteiger partial charge >= 0.3 is 6.18 Å². The molecule has 0 amide bonds. The molecule has 17 heavy (non-hydrogen) atoms. The van der Waals surface area contributed by atoms with Crippen LogP contribution in [0.3, 0.4) is 0 Å². The summed E-state index contributed by atoms with van der Waals surface area (Å²) in [7, 11) is 1.31. The lowest BCUT2D eigenvalue weighted by atomic mass is 9.92. The fourth-order valence-corrected chi connectivity index (χ4v) is 1.87. The zero-order valence-corrected chi connectivity index (χ0v) is 9.14. The van der Waals surface area contributed by atoms with Crippen LogP contribution in [0.1, 0.15) is 24.0 Å². The molecule has 1 aliphatic rings. The highest BCUT2D eigenvalue weighted by Crippen LogP contribution is 2.51. The normalized spacial score (nSPS) is 17.4. The molecule has 2 rings (SSSR count). The molecule has 0 radical (unpaired) electrons. The summed E-state index contributed by atoms with van der Waals surface area (Å²) in [6.45, 7) is 0. The summed E-state index contributed by atoms with van der Waals surface area (Å²) in [5.74, 6) is 0.148. The van der Waals surface area contributed by atoms with E-state index >= 15 is 0 Å². The van der Waals surface area contributed by atoms with Crippen molar-refractivity contribution in [3.05, 3.63) is 29.3 Å². The van der Waals surface area contributed by atoms with Gasteiger partial charge in [-0.3, -0.25) is 0 Å². The molecule has 2 nitrogen and oxygen atoms in total. The number of halogens is 3. The molecule has 1 saturated carbocycles. The molecule has 1 aromatic rings. The van der Waals surface area contributed by atoms with Gasteiger partial charge in [0.1, 0.15) is 5.75 Å². The van der Waals surface area contributed by atoms with Crippen molar-refractivity contribution in [2.24, 2.45) is 0 Å². The first-order chi connectivity index (χ1) is 7.93. The lowest BCUT2D eigenvalue weighted by Crippen LogP contribution is -2.15. The lowest BCUT2D eigenvalue weighted by Gasteiger charge is -2.16. The highest BCUT2D eigenvalue weighted by Gasteiger charge is 2.50. The second-order valence-corrected chi connectivity index (χ2v) is 4.10. The van der Waals surface area contributed by atoms with Gasteiger partial charge < -0.3 is 4.74 Å². The largest absolute Gasteiger partial charge is 0.497 e. The monoisotopic (exact) mass is 241 g/mol. The molecular weight excluding hydrogens is 231 g/mol. The Labute approximate surface area is 96.6 Å². The van der Waals surface area contributed by atoms with Crippen molar-refractivity contribution < 1.29 is 17.9 Å². The lowest BCUT2D eigenvalue weighted by molar-refractivity contribution is -0.138. The van der Waals surface area contributed by atoms with Crippen LogP contribution in [0.5, 0.6) is 5.75 Å². The zero-order chi connectivity index (χ0) is 12.7. The first-order valence-corrected chi connectivity index (χ1v) is 5.10. The third kappa shape index (κ3) is 1.95. The number of methoxy groups -OCH3 is 1. The third-order valence-electron chi connectivity index (χ3n) is 3.01. The maximum Gasteiger partial charge on any atom is 0.416 e. The first kappa shape index (κ1) is 11.8. The summed E-state index contributed by atoms with van der Waals surface area (Å²) in [5, 5.41) is 8.98. The highest BCUT2D eigenvalue weighted by molar-refractivity contribution is 5.48. The molecule has 0 N–H and O–H groups in total. The van der Waals surface area contributed by atoms with Crippen LogP contribution in [0.15, 0.2) is 18.2 Å². The molecule has 1 fully saturated rings. The minimum atomic E-state index is -4.46. The Hall–Kier alpha value is -1.70. The summed E-state index contributed by atoms with van der Waals surface area (Å²) in [6.07, 6.45) is -3.49. The van der Waals surface area contributed by atoms with Crippen LogP contribution in [0.2, 0.25) is 0 Å². The Morgan fingerprint density at radius 2 is 2.00 bits per heavy atom. The molecule has 5 heteroatoms. The van der Waals surface area contributed by atoms with Crippen LogP contribution in [-0.2, 0) is 11.6 Å². The van der Waals surface area contributed by atoms with E-state index in [1.807, 2.05) is 6.07 Å². The Morgan fingerprint density at radius 1 is 1.35 bits per heavy atom. The Bertz CT molecular complexity index is 484. The molecule has 0 aliphatic heterocycles. The summed E-state index contributed by atoms with van der Waals surface area (Å²) in [6, 6.07) is 5.73. The Morgan fingerprint density at radius 3 is 2.41 bits per heavy atom. The maximum atomic E-state index is 12.9. The van der Waals surface area contributed by atoms with Crippen LogP contribution in [0, 0.1) is 11.3 Å². The van der Waals surface area contributed by atoms with E-state index in [4.69, 9.17) is 10.00 Å². The van der Waals surface area contributed by atoms with Gasteiger partial charge in [0.2, 0.25) is 0 Å². The molecule has 0 heterocycles. The molecule has 1 aliphatic carbocycles. The van der Waals surface area contributed by atoms with E-state index in [1.165, 1.54) is 19.2 Å². The number of hydrogen-bond donors (Lipinski definition) is 0. The Kier molecular flexibility index (Phi) is 2.53. The minimum Gasteiger partial charge on any atom is -0.497 e. The SMILES string of the molecule is COc1ccc(C2(C#N)CC2)c(C(F)(F)F)c1. The van der Waals surface area contributed by atoms with Crippen molar-refractivity contribution in [3.8, 4) is 11.8 Å². The van der Waals surface area contributed by atoms with Gasteiger partial charge in [0.25, 0.3) is 0 Å². The van der Waals surface area contributed by atoms with E-state index in [2.05, 4.69) is 0 Å². The second kappa shape index (κ2) is 3.66. The molecule has 0 atom stereocenters. The number of benzene rings is 1. The van der Waals surface area contributed by atoms with Crippen molar-refractivity contribution in [3.63, 3.8) is 0 Å². The van der Waals surface area contributed by atoms with E-state index in [0.717, 1.165) is 6.07 Å². The molecule has 1 aromatic carbocycles. The van der Waals surface area contributed by atoms with E-state index in [9.17, 15) is 13.2 Å². The van der Waals surface area contributed by atoms with Crippen molar-refractivity contribution in [1.82, 2.24) is 0 Å². The van der Waals surface area contributed by atoms with E-state index in [1.54, 1.807) is 0 Å². The quantitative estimate of drug-likeness (QED) is 0.796. The number of rotatable bonds is 2. The second-order valence-electron chi connectivity index (χ2n) is 4.10. The van der Waals surface area contributed by atoms with Gasteiger partial charge in [-0.05, 0) is 30.5 Å². The number of hydrogen-bond acceptors (Lipinski definition) is 2. The van der Waals surface area contributed by atoms with Gasteiger partial charge in [-0.1, -0.05) is 6.07 Å². The fraction of sp³-hybridized carbons (Fsp3) is 0.417. The number of nitriles is 1. The van der Waals surface area contributed by atoms with Gasteiger partial charge in [0, 0.05) is 0 Å². The summed E-state index contributed by atoms with van der Waals surface area (Å²) >= 11 is 0. The van der Waals surface area contributed by atoms with Crippen LogP contribution >= 0.6 is 0 Å². The van der Waals surface area contributed by atoms with Gasteiger partial charge in [-0.15, -0.1) is 0 Å². The van der Waals surface area contributed by atoms with Gasteiger partial charge in [0.05, 0.1) is 24.2 Å². The zero-order valence-electron chi connectivity index (χ0n) is 9.14. The third-order valence-corrected chi connectivity index (χ3v) is 3.01. The molecule has 0 spiro atoms. The van der Waals surface area contributed by atoms with E-state index in [0.29, 0.717) is 12.8 Å². The van der Waals surface area contributed by atoms with Crippen molar-refractivity contribution >= 4 is 0 Å². The summed E-state index contributed by atoms with van der Waals surface area (Å²) in [5.41, 5.74) is -1.65. The van der Waals surface area contributed by atoms with Crippen molar-refractivity contribution in [1.29, 1.82) is 5.26 Å². The smallest absolute Gasteiger partial charge is 0.416 e. The molecule has 0 unspecified atom stereocenters. The van der Waals surface area contributed by atoms with E-state index < -0.39 is 17.2 Å². The highest BCUT2D eigenvalue weighted by atomic mass is 19.4. The van der Waals surface area contributed by atoms with Crippen LogP contribution in [0.25, 0.3) is 0 Å². The van der Waals surface area contributed by atoms with Gasteiger partial charge in [-0.25, -0.2) is 0 Å². The molecule has 0 bridgehead atoms. The summed E-state index contributed by atoms with van der Waals surface area (Å²) in [4.78, 5) is 0. The van der Waals surface area contributed by atoms with Crippen LogP contribution in [-0.4, -0.2) is 7.11 Å². The minimum absolute atomic E-state index is 0.0632. The molecular formula is C12H10F3NO. The molecule has 0 saturated heterocycles. The average Bonchev–Trinajstić information content (AvgIpc) is 3.08. The van der Waals surface area contributed by atoms with Gasteiger partial charge in [-0.2, -0.15) is 18.4 Å². The first-order valence-electron chi connectivity index (χ1n) is 5.10. The standard InChI is InChI=1S/C12H10F3NO/c1-17-8-2-3-9(11(7-16)4-5-11)10(6-8)12(13,14)15/h2-3,6H,4-5H2,1H3. The maximum absolute atomic E-state index is 12.9. The van der Waals surface area contributed by atoms with Crippen LogP contribution in [0.4, 0.5) is 13.2 Å². The number of nitrogens with zero attached hydrogens (tertiary/aromatic N) is 1. The molecule has 0 aromatic heterocycles. The average molecular weight is 241 g/mol. The fourth-order valence-electron chi connectivity index (χ4n) is 1.87. The predicted octanol–water partition coefficient (Wildman–Crippen LogP) is 3.27. The number of ether oxygens (including phenoxy) is 1. The number of alkyl halides is 3. The van der Waals surface area contributed by atoms with E-state index in [-0.39, 0.29) is 11.3 Å². The topological polar surface area (TPSA) is 33.0 Å². The van der Waals surface area contributed by atoms with Crippen molar-refractivity contribution in [2.75, 3.05) is 7.11 Å². The van der Waals surface area contributed by atoms with Crippen molar-refractivity contribution in [2.45, 2.75) is 24.4 Å². The molecule has 90 valence electrons.